The van der Waals surface area contributed by atoms with Crippen molar-refractivity contribution in [1.82, 2.24) is 0 Å². The van der Waals surface area contributed by atoms with E-state index in [1.54, 1.807) is 24.3 Å². The summed E-state index contributed by atoms with van der Waals surface area (Å²) in [6, 6.07) is 7.06. The van der Waals surface area contributed by atoms with Gasteiger partial charge in [-0.3, -0.25) is 4.79 Å². The molecule has 0 unspecified atom stereocenters. The van der Waals surface area contributed by atoms with Gasteiger partial charge in [0.25, 0.3) is 0 Å². The average molecular weight is 350 g/mol. The van der Waals surface area contributed by atoms with Gasteiger partial charge in [0.05, 0.1) is 28.8 Å². The zero-order valence-corrected chi connectivity index (χ0v) is 14.0. The molecule has 120 valence electrons. The first kappa shape index (κ1) is 15.1. The van der Waals surface area contributed by atoms with Gasteiger partial charge < -0.3 is 15.2 Å². The summed E-state index contributed by atoms with van der Waals surface area (Å²) >= 11 is 7.68. The van der Waals surface area contributed by atoms with Crippen LogP contribution in [-0.4, -0.2) is 24.8 Å². The molecular formula is C17H16ClNO3S. The lowest BCUT2D eigenvalue weighted by Gasteiger charge is -2.31. The maximum atomic E-state index is 13.0. The lowest BCUT2D eigenvalue weighted by Crippen LogP contribution is -2.37. The van der Waals surface area contributed by atoms with Gasteiger partial charge in [0.2, 0.25) is 0 Å². The molecule has 0 saturated carbocycles. The summed E-state index contributed by atoms with van der Waals surface area (Å²) in [5.41, 5.74) is 8.18. The van der Waals surface area contributed by atoms with E-state index in [9.17, 15) is 4.79 Å². The third kappa shape index (κ3) is 2.48. The minimum Gasteiger partial charge on any atom is -0.390 e. The van der Waals surface area contributed by atoms with Crippen LogP contribution in [0.15, 0.2) is 24.3 Å². The number of hydrogen-bond donors (Lipinski definition) is 1. The van der Waals surface area contributed by atoms with Crippen molar-refractivity contribution < 1.29 is 14.3 Å². The molecule has 2 aliphatic rings. The van der Waals surface area contributed by atoms with Crippen LogP contribution in [0.5, 0.6) is 0 Å². The largest absolute Gasteiger partial charge is 0.390 e. The molecule has 1 fully saturated rings. The Hall–Kier alpha value is -1.40. The van der Waals surface area contributed by atoms with Crippen molar-refractivity contribution >= 4 is 33.7 Å². The van der Waals surface area contributed by atoms with E-state index in [1.165, 1.54) is 11.3 Å². The molecule has 1 aliphatic heterocycles. The molecule has 1 aromatic carbocycles. The Morgan fingerprint density at radius 2 is 2.00 bits per heavy atom. The average Bonchev–Trinajstić information content (AvgIpc) is 3.11. The van der Waals surface area contributed by atoms with Crippen LogP contribution in [0.2, 0.25) is 5.02 Å². The molecule has 0 radical (unpaired) electrons. The minimum absolute atomic E-state index is 0.124. The predicted octanol–water partition coefficient (Wildman–Crippen LogP) is 3.45. The first-order chi connectivity index (χ1) is 11.1. The number of benzene rings is 1. The third-order valence-electron chi connectivity index (χ3n) is 4.46. The first-order valence-electron chi connectivity index (χ1n) is 7.57. The fourth-order valence-electron chi connectivity index (χ4n) is 3.36. The van der Waals surface area contributed by atoms with Crippen LogP contribution < -0.4 is 5.73 Å². The lowest BCUT2D eigenvalue weighted by molar-refractivity contribution is -0.163. The number of carbonyl (C=O) groups is 1. The molecular weight excluding hydrogens is 334 g/mol. The van der Waals surface area contributed by atoms with Gasteiger partial charge >= 0.3 is 0 Å². The van der Waals surface area contributed by atoms with Gasteiger partial charge in [0.15, 0.2) is 11.6 Å². The number of carbonyl (C=O) groups excluding carboxylic acids is 1. The Bertz CT molecular complexity index is 780. The van der Waals surface area contributed by atoms with Crippen molar-refractivity contribution in [2.45, 2.75) is 25.0 Å². The number of nitrogen functional groups attached to an aromatic ring is 1. The molecule has 2 aromatic rings. The zero-order chi connectivity index (χ0) is 16.0. The third-order valence-corrected chi connectivity index (χ3v) is 5.91. The molecule has 1 aromatic heterocycles. The molecule has 23 heavy (non-hydrogen) atoms. The van der Waals surface area contributed by atoms with E-state index in [-0.39, 0.29) is 5.78 Å². The molecule has 4 nitrogen and oxygen atoms in total. The summed E-state index contributed by atoms with van der Waals surface area (Å²) in [6.45, 7) is 1.20. The molecule has 2 N–H and O–H groups in total. The van der Waals surface area contributed by atoms with E-state index in [0.29, 0.717) is 40.8 Å². The summed E-state index contributed by atoms with van der Waals surface area (Å²) < 4.78 is 11.6. The highest BCUT2D eigenvalue weighted by atomic mass is 35.5. The Balaban J connectivity index is 1.77. The van der Waals surface area contributed by atoms with Gasteiger partial charge in [-0.15, -0.1) is 11.3 Å². The highest BCUT2D eigenvalue weighted by Gasteiger charge is 2.42. The van der Waals surface area contributed by atoms with Crippen molar-refractivity contribution in [1.29, 1.82) is 0 Å². The summed E-state index contributed by atoms with van der Waals surface area (Å²) in [6.07, 6.45) is 2.20. The fraction of sp³-hybridized carbons (Fsp3) is 0.353. The molecule has 4 rings (SSSR count). The normalized spacial score (nSPS) is 19.0. The van der Waals surface area contributed by atoms with E-state index >= 15 is 0 Å². The molecule has 0 atom stereocenters. The van der Waals surface area contributed by atoms with Gasteiger partial charge in [0.1, 0.15) is 0 Å². The van der Waals surface area contributed by atoms with Crippen LogP contribution in [0.4, 0.5) is 5.00 Å². The van der Waals surface area contributed by atoms with Crippen LogP contribution >= 0.6 is 22.9 Å². The first-order valence-corrected chi connectivity index (χ1v) is 8.76. The van der Waals surface area contributed by atoms with E-state index in [1.807, 2.05) is 0 Å². The fourth-order valence-corrected chi connectivity index (χ4v) is 4.66. The molecule has 6 heteroatoms. The second-order valence-electron chi connectivity index (χ2n) is 5.84. The Morgan fingerprint density at radius 1 is 1.26 bits per heavy atom. The van der Waals surface area contributed by atoms with Crippen molar-refractivity contribution in [2.75, 3.05) is 18.9 Å². The number of nitrogens with two attached hydrogens (primary N) is 1. The quantitative estimate of drug-likeness (QED) is 0.843. The molecule has 0 bridgehead atoms. The maximum Gasteiger partial charge on any atom is 0.197 e. The number of fused-ring (bicyclic) bond motifs is 1. The molecule has 1 aliphatic carbocycles. The highest BCUT2D eigenvalue weighted by molar-refractivity contribution is 7.16. The lowest BCUT2D eigenvalue weighted by atomic mass is 9.88. The van der Waals surface area contributed by atoms with Gasteiger partial charge in [-0.25, -0.2) is 0 Å². The Labute approximate surface area is 143 Å². The van der Waals surface area contributed by atoms with E-state index in [2.05, 4.69) is 0 Å². The van der Waals surface area contributed by atoms with Gasteiger partial charge in [-0.1, -0.05) is 23.7 Å². The van der Waals surface area contributed by atoms with Gasteiger partial charge in [-0.2, -0.15) is 0 Å². The number of ether oxygens (including phenoxy) is 2. The van der Waals surface area contributed by atoms with Crippen LogP contribution in [0.3, 0.4) is 0 Å². The molecule has 1 spiro atoms. The molecule has 0 amide bonds. The number of anilines is 1. The van der Waals surface area contributed by atoms with Crippen molar-refractivity contribution in [3.63, 3.8) is 0 Å². The highest BCUT2D eigenvalue weighted by Crippen LogP contribution is 2.43. The predicted molar refractivity (Wildman–Crippen MR) is 90.3 cm³/mol. The summed E-state index contributed by atoms with van der Waals surface area (Å²) in [5, 5.41) is 0.991. The number of thiophene rings is 1. The van der Waals surface area contributed by atoms with Gasteiger partial charge in [-0.05, 0) is 24.1 Å². The SMILES string of the molecule is Nc1sc2c(c1C(=O)c1ccccc1Cl)CC1(CC2)OCCO1. The number of rotatable bonds is 2. The number of halogens is 1. The van der Waals surface area contributed by atoms with Crippen molar-refractivity contribution in [2.24, 2.45) is 0 Å². The minimum atomic E-state index is -0.587. The summed E-state index contributed by atoms with van der Waals surface area (Å²) in [4.78, 5) is 14.1. The van der Waals surface area contributed by atoms with E-state index in [4.69, 9.17) is 26.8 Å². The van der Waals surface area contributed by atoms with Crippen LogP contribution in [0.1, 0.15) is 32.8 Å². The van der Waals surface area contributed by atoms with Crippen molar-refractivity contribution in [3.05, 3.63) is 50.9 Å². The van der Waals surface area contributed by atoms with Crippen LogP contribution in [0.25, 0.3) is 0 Å². The summed E-state index contributed by atoms with van der Waals surface area (Å²) in [7, 11) is 0. The smallest absolute Gasteiger partial charge is 0.197 e. The number of aryl methyl sites for hydroxylation is 1. The monoisotopic (exact) mass is 349 g/mol. The van der Waals surface area contributed by atoms with Crippen molar-refractivity contribution in [3.8, 4) is 0 Å². The Morgan fingerprint density at radius 3 is 2.74 bits per heavy atom. The second kappa shape index (κ2) is 5.60. The molecule has 1 saturated heterocycles. The zero-order valence-electron chi connectivity index (χ0n) is 12.4. The van der Waals surface area contributed by atoms with E-state index in [0.717, 1.165) is 23.3 Å². The van der Waals surface area contributed by atoms with E-state index < -0.39 is 5.79 Å². The van der Waals surface area contributed by atoms with Crippen LogP contribution in [0, 0.1) is 0 Å². The second-order valence-corrected chi connectivity index (χ2v) is 7.38. The number of ketones is 1. The maximum absolute atomic E-state index is 13.0. The van der Waals surface area contributed by atoms with Crippen LogP contribution in [-0.2, 0) is 22.3 Å². The number of hydrogen-bond acceptors (Lipinski definition) is 5. The topological polar surface area (TPSA) is 61.6 Å². The standard InChI is InChI=1S/C17H16ClNO3S/c18-12-4-2-1-3-10(12)15(20)14-11-9-17(21-7-8-22-17)6-5-13(11)23-16(14)19/h1-4H,5-9,19H2. The van der Waals surface area contributed by atoms with Gasteiger partial charge in [0, 0.05) is 23.3 Å². The summed E-state index contributed by atoms with van der Waals surface area (Å²) in [5.74, 6) is -0.712. The molecule has 2 heterocycles. The Kier molecular flexibility index (Phi) is 3.69.